The van der Waals surface area contributed by atoms with Gasteiger partial charge in [0.15, 0.2) is 5.96 Å². The predicted molar refractivity (Wildman–Crippen MR) is 135 cm³/mol. The average molecular weight is 533 g/mol. The van der Waals surface area contributed by atoms with Crippen LogP contribution in [0.25, 0.3) is 0 Å². The van der Waals surface area contributed by atoms with E-state index < -0.39 is 0 Å². The van der Waals surface area contributed by atoms with Crippen molar-refractivity contribution in [1.82, 2.24) is 15.1 Å². The lowest BCUT2D eigenvalue weighted by Gasteiger charge is -2.29. The van der Waals surface area contributed by atoms with Crippen molar-refractivity contribution in [2.24, 2.45) is 16.8 Å². The van der Waals surface area contributed by atoms with E-state index in [0.29, 0.717) is 5.92 Å². The molecule has 2 unspecified atom stereocenters. The summed E-state index contributed by atoms with van der Waals surface area (Å²) in [5.74, 6) is 3.59. The first-order valence-electron chi connectivity index (χ1n) is 10.8. The summed E-state index contributed by atoms with van der Waals surface area (Å²) < 4.78 is 5.45. The highest BCUT2D eigenvalue weighted by Crippen LogP contribution is 2.25. The Hall–Kier alpha value is -0.510. The number of thioether (sulfide) groups is 1. The third kappa shape index (κ3) is 8.63. The summed E-state index contributed by atoms with van der Waals surface area (Å²) in [7, 11) is 0. The van der Waals surface area contributed by atoms with Crippen LogP contribution in [-0.2, 0) is 4.74 Å². The highest BCUT2D eigenvalue weighted by Gasteiger charge is 2.25. The fourth-order valence-corrected chi connectivity index (χ4v) is 4.89. The van der Waals surface area contributed by atoms with Gasteiger partial charge >= 0.3 is 0 Å². The first kappa shape index (κ1) is 24.8. The van der Waals surface area contributed by atoms with Crippen molar-refractivity contribution >= 4 is 41.7 Å². The van der Waals surface area contributed by atoms with Crippen LogP contribution < -0.4 is 5.32 Å². The molecule has 29 heavy (non-hydrogen) atoms. The molecule has 1 N–H and O–H groups in total. The lowest BCUT2D eigenvalue weighted by molar-refractivity contribution is 0.0323. The number of halogens is 1. The van der Waals surface area contributed by atoms with Crippen molar-refractivity contribution < 1.29 is 4.74 Å². The Morgan fingerprint density at radius 1 is 1.24 bits per heavy atom. The van der Waals surface area contributed by atoms with Crippen LogP contribution in [0.2, 0.25) is 0 Å². The van der Waals surface area contributed by atoms with E-state index in [1.165, 1.54) is 17.1 Å². The van der Waals surface area contributed by atoms with Crippen molar-refractivity contribution in [1.29, 1.82) is 0 Å². The first-order chi connectivity index (χ1) is 13.7. The predicted octanol–water partition coefficient (Wildman–Crippen LogP) is 3.65. The Labute approximate surface area is 198 Å². The Morgan fingerprint density at radius 3 is 2.72 bits per heavy atom. The molecule has 0 aliphatic carbocycles. The van der Waals surface area contributed by atoms with Gasteiger partial charge in [0, 0.05) is 56.5 Å². The Morgan fingerprint density at radius 2 is 2.00 bits per heavy atom. The molecule has 0 spiro atoms. The van der Waals surface area contributed by atoms with Crippen LogP contribution in [0.1, 0.15) is 20.3 Å². The fraction of sp³-hybridized carbons (Fsp3) is 0.682. The number of hydrogen-bond donors (Lipinski definition) is 1. The van der Waals surface area contributed by atoms with E-state index in [0.717, 1.165) is 70.9 Å². The van der Waals surface area contributed by atoms with Gasteiger partial charge in [-0.2, -0.15) is 0 Å². The lowest BCUT2D eigenvalue weighted by atomic mass is 10.1. The topological polar surface area (TPSA) is 40.1 Å². The quantitative estimate of drug-likeness (QED) is 0.240. The zero-order chi connectivity index (χ0) is 19.6. The zero-order valence-electron chi connectivity index (χ0n) is 17.9. The molecule has 5 nitrogen and oxygen atoms in total. The number of likely N-dealkylation sites (tertiary alicyclic amines) is 1. The minimum atomic E-state index is 0. The van der Waals surface area contributed by atoms with Crippen LogP contribution in [0.4, 0.5) is 0 Å². The number of rotatable bonds is 8. The van der Waals surface area contributed by atoms with Gasteiger partial charge in [0.2, 0.25) is 0 Å². The van der Waals surface area contributed by atoms with Gasteiger partial charge in [-0.25, -0.2) is 0 Å². The van der Waals surface area contributed by atoms with Crippen LogP contribution in [0.3, 0.4) is 0 Å². The molecule has 2 atom stereocenters. The maximum Gasteiger partial charge on any atom is 0.193 e. The summed E-state index contributed by atoms with van der Waals surface area (Å²) >= 11 is 1.98. The van der Waals surface area contributed by atoms with Gasteiger partial charge in [-0.1, -0.05) is 25.1 Å². The third-order valence-electron chi connectivity index (χ3n) is 5.38. The molecule has 7 heteroatoms. The molecule has 0 radical (unpaired) electrons. The monoisotopic (exact) mass is 532 g/mol. The summed E-state index contributed by atoms with van der Waals surface area (Å²) in [6.07, 6.45) is 1.26. The van der Waals surface area contributed by atoms with E-state index in [4.69, 9.17) is 9.73 Å². The smallest absolute Gasteiger partial charge is 0.193 e. The van der Waals surface area contributed by atoms with Crippen LogP contribution in [0.15, 0.2) is 40.2 Å². The number of nitrogens with one attached hydrogen (secondary N) is 1. The molecule has 1 aromatic rings. The van der Waals surface area contributed by atoms with E-state index in [-0.39, 0.29) is 24.0 Å². The minimum Gasteiger partial charge on any atom is -0.379 e. The summed E-state index contributed by atoms with van der Waals surface area (Å²) in [5, 5.41) is 3.51. The van der Waals surface area contributed by atoms with Crippen LogP contribution in [-0.4, -0.2) is 80.5 Å². The van der Waals surface area contributed by atoms with E-state index in [2.05, 4.69) is 59.3 Å². The zero-order valence-corrected chi connectivity index (χ0v) is 21.0. The highest BCUT2D eigenvalue weighted by atomic mass is 127. The van der Waals surface area contributed by atoms with Gasteiger partial charge in [0.05, 0.1) is 13.2 Å². The molecule has 0 amide bonds. The molecule has 2 aliphatic rings. The lowest BCUT2D eigenvalue weighted by Crippen LogP contribution is -2.41. The highest BCUT2D eigenvalue weighted by molar-refractivity contribution is 14.0. The Bertz CT molecular complexity index is 598. The molecule has 2 heterocycles. The van der Waals surface area contributed by atoms with Crippen molar-refractivity contribution in [3.8, 4) is 0 Å². The number of morpholine rings is 1. The summed E-state index contributed by atoms with van der Waals surface area (Å²) in [5.41, 5.74) is 0. The minimum absolute atomic E-state index is 0. The number of hydrogen-bond acceptors (Lipinski definition) is 4. The van der Waals surface area contributed by atoms with Crippen LogP contribution in [0.5, 0.6) is 0 Å². The van der Waals surface area contributed by atoms with Gasteiger partial charge in [0.25, 0.3) is 0 Å². The Kier molecular flexibility index (Phi) is 11.7. The molecule has 0 saturated carbocycles. The first-order valence-corrected chi connectivity index (χ1v) is 11.7. The van der Waals surface area contributed by atoms with Crippen LogP contribution >= 0.6 is 35.7 Å². The second-order valence-electron chi connectivity index (χ2n) is 7.94. The number of aliphatic imine (C=N–C) groups is 1. The molecule has 3 rings (SSSR count). The third-order valence-corrected chi connectivity index (χ3v) is 6.62. The molecular weight excluding hydrogens is 495 g/mol. The van der Waals surface area contributed by atoms with Crippen LogP contribution in [0, 0.1) is 11.8 Å². The van der Waals surface area contributed by atoms with E-state index in [1.807, 2.05) is 11.8 Å². The van der Waals surface area contributed by atoms with Crippen molar-refractivity contribution in [2.45, 2.75) is 25.2 Å². The van der Waals surface area contributed by atoms with E-state index in [9.17, 15) is 0 Å². The van der Waals surface area contributed by atoms with E-state index in [1.54, 1.807) is 0 Å². The van der Waals surface area contributed by atoms with Crippen molar-refractivity contribution in [3.63, 3.8) is 0 Å². The summed E-state index contributed by atoms with van der Waals surface area (Å²) in [6.45, 7) is 13.5. The maximum absolute atomic E-state index is 5.45. The largest absolute Gasteiger partial charge is 0.379 e. The molecule has 1 aromatic carbocycles. The second kappa shape index (κ2) is 13.7. The second-order valence-corrected chi connectivity index (χ2v) is 9.03. The molecule has 2 saturated heterocycles. The standard InChI is InChI=1S/C22H36N4OS.HI/c1-3-23-22(24-15-19(2)16-25-11-13-27-14-12-25)26-10-9-20(17-26)18-28-21-7-5-4-6-8-21;/h4-8,19-20H,3,9-18H2,1-2H3,(H,23,24);1H. The molecule has 164 valence electrons. The normalized spacial score (nSPS) is 21.7. The Balaban J connectivity index is 0.00000300. The van der Waals surface area contributed by atoms with Crippen molar-refractivity contribution in [3.05, 3.63) is 30.3 Å². The van der Waals surface area contributed by atoms with Gasteiger partial charge in [-0.3, -0.25) is 9.89 Å². The molecule has 2 aliphatic heterocycles. The average Bonchev–Trinajstić information content (AvgIpc) is 3.20. The van der Waals surface area contributed by atoms with Gasteiger partial charge in [0.1, 0.15) is 0 Å². The van der Waals surface area contributed by atoms with E-state index >= 15 is 0 Å². The van der Waals surface area contributed by atoms with Gasteiger partial charge < -0.3 is 15.0 Å². The molecule has 0 aromatic heterocycles. The van der Waals surface area contributed by atoms with Gasteiger partial charge in [-0.05, 0) is 37.3 Å². The molecule has 2 fully saturated rings. The van der Waals surface area contributed by atoms with Crippen molar-refractivity contribution in [2.75, 3.05) is 64.8 Å². The molecule has 0 bridgehead atoms. The SMILES string of the molecule is CCNC(=NCC(C)CN1CCOCC1)N1CCC(CSc2ccccc2)C1.I. The van der Waals surface area contributed by atoms with Gasteiger partial charge in [-0.15, -0.1) is 35.7 Å². The molecular formula is C22H37IN4OS. The maximum atomic E-state index is 5.45. The fourth-order valence-electron chi connectivity index (χ4n) is 3.84. The summed E-state index contributed by atoms with van der Waals surface area (Å²) in [4.78, 5) is 11.3. The number of nitrogens with zero attached hydrogens (tertiary/aromatic N) is 3. The number of ether oxygens (including phenoxy) is 1. The summed E-state index contributed by atoms with van der Waals surface area (Å²) in [6, 6.07) is 10.7. The number of benzene rings is 1. The number of guanidine groups is 1.